The SMILES string of the molecule is Cc1ccc(-c2cc(C(=O)N3CCNCC3c3cccnc3)on2)cc1.Cl. The standard InChI is InChI=1S/C20H20N4O2.ClH/c1-14-4-6-15(7-5-14)17-11-19(26-23-17)20(25)24-10-9-22-13-18(24)16-3-2-8-21-12-16;/h2-8,11-12,18,22H,9-10,13H2,1H3;1H. The number of benzene rings is 1. The predicted molar refractivity (Wildman–Crippen MR) is 105 cm³/mol. The number of amides is 1. The van der Waals surface area contributed by atoms with Gasteiger partial charge in [0.25, 0.3) is 5.91 Å². The van der Waals surface area contributed by atoms with Crippen LogP contribution in [0.15, 0.2) is 59.4 Å². The van der Waals surface area contributed by atoms with Gasteiger partial charge >= 0.3 is 0 Å². The van der Waals surface area contributed by atoms with Crippen LogP contribution in [0.1, 0.15) is 27.7 Å². The molecule has 0 radical (unpaired) electrons. The van der Waals surface area contributed by atoms with E-state index in [1.165, 1.54) is 5.56 Å². The Morgan fingerprint density at radius 1 is 1.26 bits per heavy atom. The van der Waals surface area contributed by atoms with Crippen molar-refractivity contribution in [3.8, 4) is 11.3 Å². The van der Waals surface area contributed by atoms with Crippen molar-refractivity contribution in [2.45, 2.75) is 13.0 Å². The van der Waals surface area contributed by atoms with E-state index in [9.17, 15) is 4.79 Å². The lowest BCUT2D eigenvalue weighted by molar-refractivity contribution is 0.0591. The number of aromatic nitrogens is 2. The highest BCUT2D eigenvalue weighted by Gasteiger charge is 2.31. The Hall–Kier alpha value is -2.70. The lowest BCUT2D eigenvalue weighted by Crippen LogP contribution is -2.48. The highest BCUT2D eigenvalue weighted by Crippen LogP contribution is 2.25. The number of piperazine rings is 1. The van der Waals surface area contributed by atoms with E-state index in [2.05, 4.69) is 15.5 Å². The molecule has 1 N–H and O–H groups in total. The Morgan fingerprint density at radius 2 is 2.07 bits per heavy atom. The lowest BCUT2D eigenvalue weighted by atomic mass is 10.0. The number of nitrogens with one attached hydrogen (secondary N) is 1. The first-order valence-corrected chi connectivity index (χ1v) is 8.68. The molecule has 1 unspecified atom stereocenters. The molecular weight excluding hydrogens is 364 g/mol. The van der Waals surface area contributed by atoms with Gasteiger partial charge in [0.1, 0.15) is 5.69 Å². The number of rotatable bonds is 3. The molecule has 7 heteroatoms. The molecule has 27 heavy (non-hydrogen) atoms. The molecule has 1 amide bonds. The minimum atomic E-state index is -0.147. The van der Waals surface area contributed by atoms with Crippen molar-refractivity contribution >= 4 is 18.3 Å². The maximum atomic E-state index is 13.0. The van der Waals surface area contributed by atoms with Crippen LogP contribution in [-0.4, -0.2) is 40.6 Å². The topological polar surface area (TPSA) is 71.3 Å². The zero-order valence-corrected chi connectivity index (χ0v) is 15.8. The van der Waals surface area contributed by atoms with Crippen LogP contribution < -0.4 is 5.32 Å². The molecule has 0 saturated carbocycles. The molecule has 0 aliphatic carbocycles. The minimum Gasteiger partial charge on any atom is -0.350 e. The summed E-state index contributed by atoms with van der Waals surface area (Å²) in [5.74, 6) is 0.114. The summed E-state index contributed by atoms with van der Waals surface area (Å²) in [5, 5.41) is 7.42. The second-order valence-electron chi connectivity index (χ2n) is 6.45. The summed E-state index contributed by atoms with van der Waals surface area (Å²) >= 11 is 0. The van der Waals surface area contributed by atoms with Gasteiger partial charge in [0.2, 0.25) is 5.76 Å². The van der Waals surface area contributed by atoms with Gasteiger partial charge in [0.15, 0.2) is 0 Å². The molecule has 1 aliphatic rings. The summed E-state index contributed by atoms with van der Waals surface area (Å²) in [5.41, 5.74) is 3.78. The van der Waals surface area contributed by atoms with E-state index < -0.39 is 0 Å². The normalized spacial score (nSPS) is 16.6. The molecule has 0 spiro atoms. The molecule has 4 rings (SSSR count). The summed E-state index contributed by atoms with van der Waals surface area (Å²) in [7, 11) is 0. The highest BCUT2D eigenvalue weighted by atomic mass is 35.5. The molecule has 1 aromatic carbocycles. The third-order valence-electron chi connectivity index (χ3n) is 4.64. The number of hydrogen-bond donors (Lipinski definition) is 1. The maximum Gasteiger partial charge on any atom is 0.293 e. The van der Waals surface area contributed by atoms with Gasteiger partial charge < -0.3 is 14.7 Å². The number of halogens is 1. The quantitative estimate of drug-likeness (QED) is 0.750. The lowest BCUT2D eigenvalue weighted by Gasteiger charge is -2.35. The molecule has 1 fully saturated rings. The van der Waals surface area contributed by atoms with Gasteiger partial charge in [0.05, 0.1) is 6.04 Å². The molecule has 3 aromatic rings. The second-order valence-corrected chi connectivity index (χ2v) is 6.45. The number of carbonyl (C=O) groups is 1. The fourth-order valence-corrected chi connectivity index (χ4v) is 3.20. The second kappa shape index (κ2) is 8.33. The summed E-state index contributed by atoms with van der Waals surface area (Å²) in [6, 6.07) is 13.5. The number of hydrogen-bond acceptors (Lipinski definition) is 5. The van der Waals surface area contributed by atoms with Crippen molar-refractivity contribution in [2.24, 2.45) is 0 Å². The summed E-state index contributed by atoms with van der Waals surface area (Å²) in [6.07, 6.45) is 3.53. The monoisotopic (exact) mass is 384 g/mol. The fraction of sp³-hybridized carbons (Fsp3) is 0.250. The van der Waals surface area contributed by atoms with Crippen molar-refractivity contribution < 1.29 is 9.32 Å². The Morgan fingerprint density at radius 3 is 2.81 bits per heavy atom. The number of aryl methyl sites for hydroxylation is 1. The maximum absolute atomic E-state index is 13.0. The van der Waals surface area contributed by atoms with Crippen molar-refractivity contribution in [1.29, 1.82) is 0 Å². The highest BCUT2D eigenvalue weighted by molar-refractivity contribution is 5.92. The Labute approximate surface area is 164 Å². The van der Waals surface area contributed by atoms with Crippen LogP contribution in [0.3, 0.4) is 0 Å². The average Bonchev–Trinajstić information content (AvgIpc) is 3.19. The predicted octanol–water partition coefficient (Wildman–Crippen LogP) is 3.25. The van der Waals surface area contributed by atoms with Gasteiger partial charge in [-0.3, -0.25) is 9.78 Å². The summed E-state index contributed by atoms with van der Waals surface area (Å²) in [4.78, 5) is 19.0. The molecule has 3 heterocycles. The molecule has 140 valence electrons. The van der Waals surface area contributed by atoms with Crippen LogP contribution in [0.25, 0.3) is 11.3 Å². The van der Waals surface area contributed by atoms with Gasteiger partial charge in [-0.1, -0.05) is 41.1 Å². The van der Waals surface area contributed by atoms with Gasteiger partial charge in [-0.15, -0.1) is 12.4 Å². The Balaban J connectivity index is 0.00000210. The van der Waals surface area contributed by atoms with E-state index in [-0.39, 0.29) is 30.1 Å². The van der Waals surface area contributed by atoms with E-state index in [4.69, 9.17) is 4.52 Å². The van der Waals surface area contributed by atoms with Crippen LogP contribution in [-0.2, 0) is 0 Å². The van der Waals surface area contributed by atoms with E-state index in [0.717, 1.165) is 17.7 Å². The zero-order valence-electron chi connectivity index (χ0n) is 15.0. The molecule has 1 atom stereocenters. The third-order valence-corrected chi connectivity index (χ3v) is 4.64. The van der Waals surface area contributed by atoms with E-state index in [1.54, 1.807) is 18.5 Å². The van der Waals surface area contributed by atoms with Gasteiger partial charge in [0, 0.05) is 43.7 Å². The van der Waals surface area contributed by atoms with Gasteiger partial charge in [-0.05, 0) is 18.6 Å². The van der Waals surface area contributed by atoms with Gasteiger partial charge in [-0.25, -0.2) is 0 Å². The Bertz CT molecular complexity index is 896. The molecular formula is C20H21ClN4O2. The largest absolute Gasteiger partial charge is 0.350 e. The number of pyridine rings is 1. The first-order chi connectivity index (χ1) is 12.7. The van der Waals surface area contributed by atoms with Crippen molar-refractivity contribution in [3.63, 3.8) is 0 Å². The smallest absolute Gasteiger partial charge is 0.293 e. The molecule has 0 bridgehead atoms. The number of nitrogens with zero attached hydrogens (tertiary/aromatic N) is 3. The van der Waals surface area contributed by atoms with E-state index in [0.29, 0.717) is 18.8 Å². The van der Waals surface area contributed by atoms with Crippen molar-refractivity contribution in [1.82, 2.24) is 20.4 Å². The third kappa shape index (κ3) is 4.02. The molecule has 2 aromatic heterocycles. The van der Waals surface area contributed by atoms with Crippen LogP contribution in [0.5, 0.6) is 0 Å². The number of carbonyl (C=O) groups excluding carboxylic acids is 1. The summed E-state index contributed by atoms with van der Waals surface area (Å²) in [6.45, 7) is 4.08. The van der Waals surface area contributed by atoms with Crippen LogP contribution in [0.4, 0.5) is 0 Å². The molecule has 1 aliphatic heterocycles. The van der Waals surface area contributed by atoms with E-state index >= 15 is 0 Å². The van der Waals surface area contributed by atoms with Crippen molar-refractivity contribution in [2.75, 3.05) is 19.6 Å². The first kappa shape index (κ1) is 19.1. The van der Waals surface area contributed by atoms with Gasteiger partial charge in [-0.2, -0.15) is 0 Å². The fourth-order valence-electron chi connectivity index (χ4n) is 3.20. The molecule has 6 nitrogen and oxygen atoms in total. The van der Waals surface area contributed by atoms with Crippen LogP contribution in [0, 0.1) is 6.92 Å². The van der Waals surface area contributed by atoms with Crippen LogP contribution >= 0.6 is 12.4 Å². The zero-order chi connectivity index (χ0) is 17.9. The summed E-state index contributed by atoms with van der Waals surface area (Å²) < 4.78 is 5.37. The van der Waals surface area contributed by atoms with E-state index in [1.807, 2.05) is 48.2 Å². The molecule has 1 saturated heterocycles. The first-order valence-electron chi connectivity index (χ1n) is 8.68. The van der Waals surface area contributed by atoms with Crippen molar-refractivity contribution in [3.05, 3.63) is 71.7 Å². The minimum absolute atomic E-state index is 0. The van der Waals surface area contributed by atoms with Crippen LogP contribution in [0.2, 0.25) is 0 Å². The Kier molecular flexibility index (Phi) is 5.88. The average molecular weight is 385 g/mol.